The highest BCUT2D eigenvalue weighted by atomic mass is 79.9. The minimum Gasteiger partial charge on any atom is -0.339 e. The quantitative estimate of drug-likeness (QED) is 0.674. The van der Waals surface area contributed by atoms with E-state index in [0.29, 0.717) is 23.1 Å². The van der Waals surface area contributed by atoms with Gasteiger partial charge in [0.1, 0.15) is 0 Å². The standard InChI is InChI=1S/C17H14BrN3O2S/c18-12-8-14(24-9-12)17(22)19-13-4-2-1-3-11(13)7-15-20-16(21-23-15)10-5-6-10/h1-4,8-10H,5-7H2,(H,19,22). The van der Waals surface area contributed by atoms with E-state index in [1.165, 1.54) is 11.3 Å². The molecule has 2 heterocycles. The summed E-state index contributed by atoms with van der Waals surface area (Å²) in [5, 5.41) is 8.89. The maximum absolute atomic E-state index is 12.4. The van der Waals surface area contributed by atoms with E-state index in [9.17, 15) is 4.79 Å². The lowest BCUT2D eigenvalue weighted by atomic mass is 10.1. The molecule has 0 bridgehead atoms. The summed E-state index contributed by atoms with van der Waals surface area (Å²) in [5.74, 6) is 1.73. The molecule has 1 saturated carbocycles. The van der Waals surface area contributed by atoms with E-state index in [1.807, 2.05) is 35.7 Å². The number of nitrogens with one attached hydrogen (secondary N) is 1. The summed E-state index contributed by atoms with van der Waals surface area (Å²) in [6.45, 7) is 0. The third-order valence-electron chi connectivity index (χ3n) is 3.82. The van der Waals surface area contributed by atoms with Crippen LogP contribution in [0.4, 0.5) is 5.69 Å². The fraction of sp³-hybridized carbons (Fsp3) is 0.235. The Morgan fingerprint density at radius 3 is 2.96 bits per heavy atom. The molecule has 7 heteroatoms. The Morgan fingerprint density at radius 1 is 1.38 bits per heavy atom. The molecule has 1 aliphatic rings. The first kappa shape index (κ1) is 15.5. The summed E-state index contributed by atoms with van der Waals surface area (Å²) in [6.07, 6.45) is 2.79. The van der Waals surface area contributed by atoms with Crippen LogP contribution in [0.25, 0.3) is 0 Å². The van der Waals surface area contributed by atoms with Gasteiger partial charge >= 0.3 is 0 Å². The zero-order valence-corrected chi connectivity index (χ0v) is 15.1. The summed E-state index contributed by atoms with van der Waals surface area (Å²) in [4.78, 5) is 17.5. The van der Waals surface area contributed by atoms with Crippen LogP contribution in [0.1, 0.15) is 45.7 Å². The van der Waals surface area contributed by atoms with Crippen molar-refractivity contribution in [3.05, 3.63) is 62.3 Å². The van der Waals surface area contributed by atoms with Gasteiger partial charge in [0.05, 0.1) is 11.3 Å². The second-order valence-corrected chi connectivity index (χ2v) is 7.56. The van der Waals surface area contributed by atoms with Crippen molar-refractivity contribution in [1.82, 2.24) is 10.1 Å². The predicted octanol–water partition coefficient (Wildman–Crippen LogP) is 4.61. The van der Waals surface area contributed by atoms with Gasteiger partial charge in [-0.05, 0) is 46.5 Å². The van der Waals surface area contributed by atoms with Crippen molar-refractivity contribution >= 4 is 38.9 Å². The Bertz CT molecular complexity index is 885. The van der Waals surface area contributed by atoms with Gasteiger partial charge in [-0.15, -0.1) is 11.3 Å². The van der Waals surface area contributed by atoms with Crippen molar-refractivity contribution in [2.24, 2.45) is 0 Å². The van der Waals surface area contributed by atoms with Gasteiger partial charge in [-0.3, -0.25) is 4.79 Å². The largest absolute Gasteiger partial charge is 0.339 e. The molecular formula is C17H14BrN3O2S. The Kier molecular flexibility index (Phi) is 4.20. The molecule has 0 unspecified atom stereocenters. The van der Waals surface area contributed by atoms with E-state index in [0.717, 1.165) is 34.4 Å². The van der Waals surface area contributed by atoms with Crippen LogP contribution in [0, 0.1) is 0 Å². The third-order valence-corrected chi connectivity index (χ3v) is 5.51. The minimum atomic E-state index is -0.123. The van der Waals surface area contributed by atoms with Gasteiger partial charge < -0.3 is 9.84 Å². The molecular weight excluding hydrogens is 390 g/mol. The monoisotopic (exact) mass is 403 g/mol. The number of benzene rings is 1. The van der Waals surface area contributed by atoms with Crippen molar-refractivity contribution in [1.29, 1.82) is 0 Å². The number of halogens is 1. The Balaban J connectivity index is 1.52. The summed E-state index contributed by atoms with van der Waals surface area (Å²) < 4.78 is 6.25. The lowest BCUT2D eigenvalue weighted by Crippen LogP contribution is -2.12. The Labute approximate surface area is 151 Å². The van der Waals surface area contributed by atoms with Gasteiger partial charge in [0, 0.05) is 21.5 Å². The molecule has 0 aliphatic heterocycles. The van der Waals surface area contributed by atoms with Crippen LogP contribution >= 0.6 is 27.3 Å². The molecule has 0 spiro atoms. The van der Waals surface area contributed by atoms with Gasteiger partial charge in [0.25, 0.3) is 5.91 Å². The van der Waals surface area contributed by atoms with Gasteiger partial charge in [0.15, 0.2) is 5.82 Å². The molecule has 122 valence electrons. The summed E-state index contributed by atoms with van der Waals surface area (Å²) >= 11 is 4.77. The highest BCUT2D eigenvalue weighted by Crippen LogP contribution is 2.38. The van der Waals surface area contributed by atoms with Crippen LogP contribution < -0.4 is 5.32 Å². The average molecular weight is 404 g/mol. The smallest absolute Gasteiger partial charge is 0.265 e. The van der Waals surface area contributed by atoms with Crippen LogP contribution in [0.5, 0.6) is 0 Å². The van der Waals surface area contributed by atoms with Crippen LogP contribution in [-0.2, 0) is 6.42 Å². The van der Waals surface area contributed by atoms with E-state index < -0.39 is 0 Å². The number of nitrogens with zero attached hydrogens (tertiary/aromatic N) is 2. The van der Waals surface area contributed by atoms with E-state index in [2.05, 4.69) is 31.4 Å². The molecule has 0 radical (unpaired) electrons. The minimum absolute atomic E-state index is 0.123. The number of carbonyl (C=O) groups excluding carboxylic acids is 1. The molecule has 1 aromatic carbocycles. The molecule has 0 saturated heterocycles. The number of carbonyl (C=O) groups is 1. The molecule has 2 aromatic heterocycles. The zero-order chi connectivity index (χ0) is 16.5. The summed E-state index contributed by atoms with van der Waals surface area (Å²) in [5.41, 5.74) is 1.71. The second kappa shape index (κ2) is 6.49. The lowest BCUT2D eigenvalue weighted by Gasteiger charge is -2.08. The van der Waals surface area contributed by atoms with Gasteiger partial charge in [0.2, 0.25) is 5.89 Å². The molecule has 1 amide bonds. The number of para-hydroxylation sites is 1. The number of aromatic nitrogens is 2. The van der Waals surface area contributed by atoms with Gasteiger partial charge in [-0.25, -0.2) is 0 Å². The number of hydrogen-bond acceptors (Lipinski definition) is 5. The first-order valence-electron chi connectivity index (χ1n) is 7.65. The van der Waals surface area contributed by atoms with Crippen molar-refractivity contribution < 1.29 is 9.32 Å². The molecule has 3 aromatic rings. The van der Waals surface area contributed by atoms with E-state index >= 15 is 0 Å². The van der Waals surface area contributed by atoms with Gasteiger partial charge in [-0.2, -0.15) is 4.98 Å². The van der Waals surface area contributed by atoms with Crippen LogP contribution in [0.3, 0.4) is 0 Å². The number of rotatable bonds is 5. The molecule has 1 fully saturated rings. The SMILES string of the molecule is O=C(Nc1ccccc1Cc1nc(C2CC2)no1)c1cc(Br)cs1. The van der Waals surface area contributed by atoms with Crippen LogP contribution in [0.15, 0.2) is 44.7 Å². The zero-order valence-electron chi connectivity index (χ0n) is 12.7. The average Bonchev–Trinajstić information content (AvgIpc) is 3.17. The van der Waals surface area contributed by atoms with Crippen LogP contribution in [-0.4, -0.2) is 16.0 Å². The highest BCUT2D eigenvalue weighted by molar-refractivity contribution is 9.10. The summed E-state index contributed by atoms with van der Waals surface area (Å²) in [7, 11) is 0. The van der Waals surface area contributed by atoms with Crippen LogP contribution in [0.2, 0.25) is 0 Å². The van der Waals surface area contributed by atoms with E-state index in [1.54, 1.807) is 0 Å². The van der Waals surface area contributed by atoms with E-state index in [4.69, 9.17) is 4.52 Å². The summed E-state index contributed by atoms with van der Waals surface area (Å²) in [6, 6.07) is 9.48. The lowest BCUT2D eigenvalue weighted by molar-refractivity contribution is 0.103. The predicted molar refractivity (Wildman–Crippen MR) is 95.5 cm³/mol. The number of amides is 1. The second-order valence-electron chi connectivity index (χ2n) is 5.74. The maximum Gasteiger partial charge on any atom is 0.265 e. The number of hydrogen-bond donors (Lipinski definition) is 1. The molecule has 4 rings (SSSR count). The first-order valence-corrected chi connectivity index (χ1v) is 9.32. The Morgan fingerprint density at radius 2 is 2.21 bits per heavy atom. The molecule has 0 atom stereocenters. The fourth-order valence-corrected chi connectivity index (χ4v) is 3.74. The molecule has 1 N–H and O–H groups in total. The Hall–Kier alpha value is -1.99. The maximum atomic E-state index is 12.4. The normalized spacial score (nSPS) is 13.9. The van der Waals surface area contributed by atoms with Crippen molar-refractivity contribution in [2.75, 3.05) is 5.32 Å². The molecule has 1 aliphatic carbocycles. The number of anilines is 1. The topological polar surface area (TPSA) is 68.0 Å². The van der Waals surface area contributed by atoms with Crippen molar-refractivity contribution in [2.45, 2.75) is 25.2 Å². The number of thiophene rings is 1. The third kappa shape index (κ3) is 3.42. The van der Waals surface area contributed by atoms with Crippen molar-refractivity contribution in [3.8, 4) is 0 Å². The molecule has 5 nitrogen and oxygen atoms in total. The highest BCUT2D eigenvalue weighted by Gasteiger charge is 2.28. The first-order chi connectivity index (χ1) is 11.7. The van der Waals surface area contributed by atoms with E-state index in [-0.39, 0.29) is 5.91 Å². The van der Waals surface area contributed by atoms with Gasteiger partial charge in [-0.1, -0.05) is 23.4 Å². The fourth-order valence-electron chi connectivity index (χ4n) is 2.42. The molecule has 24 heavy (non-hydrogen) atoms. The van der Waals surface area contributed by atoms with Crippen molar-refractivity contribution in [3.63, 3.8) is 0 Å².